The lowest BCUT2D eigenvalue weighted by Gasteiger charge is -2.08. The van der Waals surface area contributed by atoms with Gasteiger partial charge >= 0.3 is 11.9 Å². The van der Waals surface area contributed by atoms with E-state index in [0.29, 0.717) is 24.3 Å². The van der Waals surface area contributed by atoms with Crippen molar-refractivity contribution in [2.75, 3.05) is 13.2 Å². The summed E-state index contributed by atoms with van der Waals surface area (Å²) < 4.78 is 10.8. The van der Waals surface area contributed by atoms with Gasteiger partial charge in [-0.3, -0.25) is 0 Å². The van der Waals surface area contributed by atoms with Crippen LogP contribution in [0.5, 0.6) is 0 Å². The van der Waals surface area contributed by atoms with E-state index in [1.54, 1.807) is 24.3 Å². The third kappa shape index (κ3) is 14.3. The molecule has 4 heteroatoms. The summed E-state index contributed by atoms with van der Waals surface area (Å²) in [6, 6.07) is 6.64. The van der Waals surface area contributed by atoms with E-state index in [2.05, 4.69) is 27.7 Å². The Bertz CT molecular complexity index is 585. The van der Waals surface area contributed by atoms with Gasteiger partial charge in [-0.2, -0.15) is 0 Å². The zero-order valence-corrected chi connectivity index (χ0v) is 21.0. The van der Waals surface area contributed by atoms with Crippen LogP contribution in [0.4, 0.5) is 0 Å². The van der Waals surface area contributed by atoms with Crippen molar-refractivity contribution in [2.45, 2.75) is 105 Å². The zero-order valence-electron chi connectivity index (χ0n) is 21.0. The molecular weight excluding hydrogens is 400 g/mol. The summed E-state index contributed by atoms with van der Waals surface area (Å²) in [5, 5.41) is 0. The Hall–Kier alpha value is -1.84. The van der Waals surface area contributed by atoms with Crippen LogP contribution in [0, 0.1) is 11.8 Å². The SMILES string of the molecule is CC(C)CCCCCCCOC(=O)c1cccc(C(=O)OCCCCCCCC(C)C)c1. The van der Waals surface area contributed by atoms with Gasteiger partial charge in [0.25, 0.3) is 0 Å². The third-order valence-corrected chi connectivity index (χ3v) is 5.65. The molecule has 0 bridgehead atoms. The summed E-state index contributed by atoms with van der Waals surface area (Å²) in [7, 11) is 0. The van der Waals surface area contributed by atoms with Crippen molar-refractivity contribution in [2.24, 2.45) is 11.8 Å². The Labute approximate surface area is 196 Å². The molecule has 0 aromatic heterocycles. The van der Waals surface area contributed by atoms with Crippen molar-refractivity contribution in [3.8, 4) is 0 Å². The number of carbonyl (C=O) groups excluding carboxylic acids is 2. The Morgan fingerprint density at radius 1 is 0.625 bits per heavy atom. The average Bonchev–Trinajstić information content (AvgIpc) is 2.76. The summed E-state index contributed by atoms with van der Waals surface area (Å²) in [5.74, 6) is 0.795. The maximum Gasteiger partial charge on any atom is 0.338 e. The lowest BCUT2D eigenvalue weighted by atomic mass is 10.0. The largest absolute Gasteiger partial charge is 0.462 e. The average molecular weight is 447 g/mol. The number of hydrogen-bond donors (Lipinski definition) is 0. The molecule has 32 heavy (non-hydrogen) atoms. The summed E-state index contributed by atoms with van der Waals surface area (Å²) in [6.07, 6.45) is 13.9. The molecule has 1 aromatic rings. The van der Waals surface area contributed by atoms with Crippen LogP contribution < -0.4 is 0 Å². The quantitative estimate of drug-likeness (QED) is 0.169. The second-order valence-corrected chi connectivity index (χ2v) is 9.75. The normalized spacial score (nSPS) is 11.2. The van der Waals surface area contributed by atoms with Gasteiger partial charge in [-0.1, -0.05) is 98.0 Å². The second kappa shape index (κ2) is 17.7. The fourth-order valence-electron chi connectivity index (χ4n) is 3.64. The molecule has 0 N–H and O–H groups in total. The van der Waals surface area contributed by atoms with Crippen LogP contribution in [0.25, 0.3) is 0 Å². The van der Waals surface area contributed by atoms with Crippen LogP contribution in [0.1, 0.15) is 125 Å². The molecule has 0 amide bonds. The van der Waals surface area contributed by atoms with E-state index in [1.165, 1.54) is 51.4 Å². The molecule has 0 aliphatic rings. The predicted molar refractivity (Wildman–Crippen MR) is 132 cm³/mol. The lowest BCUT2D eigenvalue weighted by Crippen LogP contribution is -2.10. The highest BCUT2D eigenvalue weighted by molar-refractivity contribution is 5.95. The number of esters is 2. The van der Waals surface area contributed by atoms with Crippen LogP contribution in [-0.2, 0) is 9.47 Å². The highest BCUT2D eigenvalue weighted by Crippen LogP contribution is 2.13. The van der Waals surface area contributed by atoms with E-state index in [9.17, 15) is 9.59 Å². The van der Waals surface area contributed by atoms with Gasteiger partial charge in [-0.25, -0.2) is 9.59 Å². The number of benzene rings is 1. The summed E-state index contributed by atoms with van der Waals surface area (Å²) in [6.45, 7) is 9.87. The van der Waals surface area contributed by atoms with Crippen molar-refractivity contribution in [3.05, 3.63) is 35.4 Å². The maximum atomic E-state index is 12.3. The molecule has 0 fully saturated rings. The van der Waals surface area contributed by atoms with E-state index < -0.39 is 0 Å². The summed E-state index contributed by atoms with van der Waals surface area (Å²) in [4.78, 5) is 24.6. The highest BCUT2D eigenvalue weighted by Gasteiger charge is 2.12. The number of ether oxygens (including phenoxy) is 2. The van der Waals surface area contributed by atoms with Crippen LogP contribution in [0.15, 0.2) is 24.3 Å². The Balaban J connectivity index is 2.20. The number of rotatable bonds is 18. The van der Waals surface area contributed by atoms with E-state index in [1.807, 2.05) is 0 Å². The molecule has 0 saturated heterocycles. The monoisotopic (exact) mass is 446 g/mol. The van der Waals surface area contributed by atoms with Crippen LogP contribution >= 0.6 is 0 Å². The summed E-state index contributed by atoms with van der Waals surface area (Å²) >= 11 is 0. The summed E-state index contributed by atoms with van der Waals surface area (Å²) in [5.41, 5.74) is 0.808. The molecule has 0 aliphatic carbocycles. The van der Waals surface area contributed by atoms with Crippen molar-refractivity contribution >= 4 is 11.9 Å². The van der Waals surface area contributed by atoms with Gasteiger partial charge in [-0.15, -0.1) is 0 Å². The van der Waals surface area contributed by atoms with Gasteiger partial charge in [0, 0.05) is 0 Å². The minimum absolute atomic E-state index is 0.374. The molecule has 0 heterocycles. The minimum Gasteiger partial charge on any atom is -0.462 e. The van der Waals surface area contributed by atoms with Crippen molar-refractivity contribution in [3.63, 3.8) is 0 Å². The van der Waals surface area contributed by atoms with Gasteiger partial charge in [0.2, 0.25) is 0 Å². The van der Waals surface area contributed by atoms with Crippen LogP contribution in [0.2, 0.25) is 0 Å². The van der Waals surface area contributed by atoms with Gasteiger partial charge in [0.05, 0.1) is 24.3 Å². The molecular formula is C28H46O4. The fraction of sp³-hybridized carbons (Fsp3) is 0.714. The third-order valence-electron chi connectivity index (χ3n) is 5.65. The first-order chi connectivity index (χ1) is 15.4. The van der Waals surface area contributed by atoms with E-state index in [4.69, 9.17) is 9.47 Å². The van der Waals surface area contributed by atoms with E-state index >= 15 is 0 Å². The standard InChI is InChI=1S/C28H46O4/c1-23(2)16-11-7-5-9-13-20-31-27(29)25-18-15-19-26(22-25)28(30)32-21-14-10-6-8-12-17-24(3)4/h15,18-19,22-24H,5-14,16-17,20-21H2,1-4H3. The second-order valence-electron chi connectivity index (χ2n) is 9.75. The van der Waals surface area contributed by atoms with Crippen molar-refractivity contribution < 1.29 is 19.1 Å². The number of carbonyl (C=O) groups is 2. The molecule has 0 aliphatic heterocycles. The van der Waals surface area contributed by atoms with Gasteiger partial charge < -0.3 is 9.47 Å². The topological polar surface area (TPSA) is 52.6 Å². The Morgan fingerprint density at radius 2 is 1.00 bits per heavy atom. The molecule has 4 nitrogen and oxygen atoms in total. The first-order valence-electron chi connectivity index (χ1n) is 12.8. The Morgan fingerprint density at radius 3 is 1.41 bits per heavy atom. The molecule has 0 saturated carbocycles. The molecule has 0 radical (unpaired) electrons. The minimum atomic E-state index is -0.374. The fourth-order valence-corrected chi connectivity index (χ4v) is 3.64. The van der Waals surface area contributed by atoms with Gasteiger partial charge in [0.15, 0.2) is 0 Å². The van der Waals surface area contributed by atoms with Gasteiger partial charge in [0.1, 0.15) is 0 Å². The van der Waals surface area contributed by atoms with Crippen molar-refractivity contribution in [1.29, 1.82) is 0 Å². The number of unbranched alkanes of at least 4 members (excludes halogenated alkanes) is 8. The lowest BCUT2D eigenvalue weighted by molar-refractivity contribution is 0.0496. The first kappa shape index (κ1) is 28.2. The van der Waals surface area contributed by atoms with Crippen LogP contribution in [0.3, 0.4) is 0 Å². The predicted octanol–water partition coefficient (Wildman–Crippen LogP) is 7.99. The van der Waals surface area contributed by atoms with Gasteiger partial charge in [-0.05, 0) is 42.9 Å². The first-order valence-corrected chi connectivity index (χ1v) is 12.8. The molecule has 0 unspecified atom stereocenters. The number of hydrogen-bond acceptors (Lipinski definition) is 4. The zero-order chi connectivity index (χ0) is 23.6. The van der Waals surface area contributed by atoms with E-state index in [-0.39, 0.29) is 11.9 Å². The Kier molecular flexibility index (Phi) is 15.6. The van der Waals surface area contributed by atoms with Crippen LogP contribution in [-0.4, -0.2) is 25.2 Å². The molecule has 0 atom stereocenters. The van der Waals surface area contributed by atoms with Crippen molar-refractivity contribution in [1.82, 2.24) is 0 Å². The molecule has 1 rings (SSSR count). The molecule has 1 aromatic carbocycles. The molecule has 0 spiro atoms. The van der Waals surface area contributed by atoms with E-state index in [0.717, 1.165) is 37.5 Å². The maximum absolute atomic E-state index is 12.3. The smallest absolute Gasteiger partial charge is 0.338 e. The highest BCUT2D eigenvalue weighted by atomic mass is 16.5. The molecule has 182 valence electrons.